The molecule has 1 aromatic rings. The van der Waals surface area contributed by atoms with Gasteiger partial charge in [-0.1, -0.05) is 12.2 Å². The summed E-state index contributed by atoms with van der Waals surface area (Å²) in [5.41, 5.74) is 5.96. The van der Waals surface area contributed by atoms with Crippen molar-refractivity contribution in [3.8, 4) is 0 Å². The zero-order chi connectivity index (χ0) is 15.6. The summed E-state index contributed by atoms with van der Waals surface area (Å²) in [6.07, 6.45) is 0.687. The van der Waals surface area contributed by atoms with Crippen LogP contribution in [0.2, 0.25) is 0 Å². The molecule has 2 N–H and O–H groups in total. The quantitative estimate of drug-likeness (QED) is 0.798. The first-order valence-corrected chi connectivity index (χ1v) is 8.59. The van der Waals surface area contributed by atoms with Crippen molar-refractivity contribution in [2.75, 3.05) is 26.0 Å². The predicted molar refractivity (Wildman–Crippen MR) is 82.0 cm³/mol. The van der Waals surface area contributed by atoms with Crippen LogP contribution in [-0.2, 0) is 14.6 Å². The van der Waals surface area contributed by atoms with Crippen LogP contribution in [0.25, 0.3) is 0 Å². The normalized spacial score (nSPS) is 19.3. The molecule has 1 amide bonds. The largest absolute Gasteiger partial charge is 0.391 e. The first kappa shape index (κ1) is 15.9. The van der Waals surface area contributed by atoms with Crippen molar-refractivity contribution in [1.82, 2.24) is 4.90 Å². The van der Waals surface area contributed by atoms with Gasteiger partial charge < -0.3 is 15.4 Å². The van der Waals surface area contributed by atoms with Crippen LogP contribution in [0.5, 0.6) is 0 Å². The summed E-state index contributed by atoms with van der Waals surface area (Å²) in [7, 11) is -3.27. The van der Waals surface area contributed by atoms with E-state index in [2.05, 4.69) is 0 Å². The zero-order valence-electron chi connectivity index (χ0n) is 11.5. The Hall–Kier alpha value is -1.51. The standard InChI is InChI=1S/C13H16N2O4S2/c1-21(17,18)10-4-2-9(3-5-10)13(16)15-6-7-19-11(8-15)12(14)20/h2-5,11H,6-8H2,1H3,(H2,14,20). The third kappa shape index (κ3) is 3.78. The molecule has 0 radical (unpaired) electrons. The second-order valence-corrected chi connectivity index (χ2v) is 7.30. The zero-order valence-corrected chi connectivity index (χ0v) is 13.1. The monoisotopic (exact) mass is 328 g/mol. The van der Waals surface area contributed by atoms with E-state index in [-0.39, 0.29) is 15.8 Å². The van der Waals surface area contributed by atoms with Gasteiger partial charge in [0.05, 0.1) is 18.0 Å². The van der Waals surface area contributed by atoms with E-state index in [1.54, 1.807) is 4.90 Å². The van der Waals surface area contributed by atoms with Gasteiger partial charge in [-0.05, 0) is 24.3 Å². The number of carbonyl (C=O) groups is 1. The van der Waals surface area contributed by atoms with Crippen molar-refractivity contribution in [2.24, 2.45) is 5.73 Å². The molecule has 1 fully saturated rings. The summed E-state index contributed by atoms with van der Waals surface area (Å²) in [5.74, 6) is -0.195. The van der Waals surface area contributed by atoms with Gasteiger partial charge in [0.25, 0.3) is 5.91 Å². The first-order chi connectivity index (χ1) is 9.79. The summed E-state index contributed by atoms with van der Waals surface area (Å²) >= 11 is 4.88. The number of carbonyl (C=O) groups excluding carboxylic acids is 1. The Morgan fingerprint density at radius 2 is 2.00 bits per heavy atom. The lowest BCUT2D eigenvalue weighted by molar-refractivity contribution is 0.00878. The molecule has 1 aliphatic heterocycles. The van der Waals surface area contributed by atoms with E-state index in [1.807, 2.05) is 0 Å². The maximum absolute atomic E-state index is 12.4. The van der Waals surface area contributed by atoms with E-state index in [0.29, 0.717) is 25.3 Å². The Bertz CT molecular complexity index is 655. The molecule has 1 atom stereocenters. The Kier molecular flexibility index (Phi) is 4.60. The third-order valence-corrected chi connectivity index (χ3v) is 4.59. The van der Waals surface area contributed by atoms with E-state index in [1.165, 1.54) is 24.3 Å². The van der Waals surface area contributed by atoms with Crippen LogP contribution in [0.3, 0.4) is 0 Å². The van der Waals surface area contributed by atoms with Crippen LogP contribution < -0.4 is 5.73 Å². The molecule has 21 heavy (non-hydrogen) atoms. The molecule has 114 valence electrons. The lowest BCUT2D eigenvalue weighted by atomic mass is 10.1. The number of amides is 1. The van der Waals surface area contributed by atoms with E-state index in [4.69, 9.17) is 22.7 Å². The summed E-state index contributed by atoms with van der Waals surface area (Å²) in [6, 6.07) is 5.86. The second-order valence-electron chi connectivity index (χ2n) is 4.81. The molecule has 0 bridgehead atoms. The minimum absolute atomic E-state index is 0.182. The average Bonchev–Trinajstić information content (AvgIpc) is 2.46. The molecule has 1 unspecified atom stereocenters. The summed E-state index contributed by atoms with van der Waals surface area (Å²) in [5, 5.41) is 0. The highest BCUT2D eigenvalue weighted by molar-refractivity contribution is 7.90. The van der Waals surface area contributed by atoms with Crippen LogP contribution in [-0.4, -0.2) is 56.3 Å². The fourth-order valence-corrected chi connectivity index (χ4v) is 2.81. The molecule has 0 aliphatic carbocycles. The van der Waals surface area contributed by atoms with Crippen molar-refractivity contribution in [1.29, 1.82) is 0 Å². The highest BCUT2D eigenvalue weighted by Gasteiger charge is 2.26. The van der Waals surface area contributed by atoms with Crippen LogP contribution in [0.1, 0.15) is 10.4 Å². The molecular formula is C13H16N2O4S2. The molecule has 8 heteroatoms. The summed E-state index contributed by atoms with van der Waals surface area (Å²) < 4.78 is 28.2. The molecule has 2 rings (SSSR count). The van der Waals surface area contributed by atoms with E-state index >= 15 is 0 Å². The maximum atomic E-state index is 12.4. The number of sulfone groups is 1. The summed E-state index contributed by atoms with van der Waals surface area (Å²) in [4.78, 5) is 14.4. The number of thiocarbonyl (C=S) groups is 1. The second kappa shape index (κ2) is 6.08. The topological polar surface area (TPSA) is 89.7 Å². The number of rotatable bonds is 3. The van der Waals surface area contributed by atoms with Crippen molar-refractivity contribution < 1.29 is 17.9 Å². The van der Waals surface area contributed by atoms with Gasteiger partial charge in [-0.2, -0.15) is 0 Å². The number of ether oxygens (including phenoxy) is 1. The van der Waals surface area contributed by atoms with E-state index in [9.17, 15) is 13.2 Å². The molecule has 1 aromatic carbocycles. The fourth-order valence-electron chi connectivity index (χ4n) is 2.03. The Morgan fingerprint density at radius 1 is 1.38 bits per heavy atom. The van der Waals surface area contributed by atoms with Gasteiger partial charge in [-0.15, -0.1) is 0 Å². The minimum Gasteiger partial charge on any atom is -0.391 e. The van der Waals surface area contributed by atoms with Crippen molar-refractivity contribution in [3.63, 3.8) is 0 Å². The van der Waals surface area contributed by atoms with Crippen LogP contribution in [0.15, 0.2) is 29.2 Å². The molecule has 0 aromatic heterocycles. The number of hydrogen-bond acceptors (Lipinski definition) is 5. The van der Waals surface area contributed by atoms with E-state index < -0.39 is 15.9 Å². The van der Waals surface area contributed by atoms with Gasteiger partial charge >= 0.3 is 0 Å². The maximum Gasteiger partial charge on any atom is 0.254 e. The average molecular weight is 328 g/mol. The number of morpholine rings is 1. The summed E-state index contributed by atoms with van der Waals surface area (Å²) in [6.45, 7) is 1.13. The molecular weight excluding hydrogens is 312 g/mol. The lowest BCUT2D eigenvalue weighted by Gasteiger charge is -2.32. The molecule has 6 nitrogen and oxygen atoms in total. The van der Waals surface area contributed by atoms with Gasteiger partial charge in [-0.3, -0.25) is 4.79 Å². The Labute approximate surface area is 128 Å². The molecule has 0 saturated carbocycles. The first-order valence-electron chi connectivity index (χ1n) is 6.29. The number of hydrogen-bond donors (Lipinski definition) is 1. The highest BCUT2D eigenvalue weighted by Crippen LogP contribution is 2.14. The van der Waals surface area contributed by atoms with Gasteiger partial charge in [0, 0.05) is 18.4 Å². The smallest absolute Gasteiger partial charge is 0.254 e. The van der Waals surface area contributed by atoms with Gasteiger partial charge in [0.2, 0.25) is 0 Å². The molecule has 1 aliphatic rings. The fraction of sp³-hybridized carbons (Fsp3) is 0.385. The van der Waals surface area contributed by atoms with Crippen molar-refractivity contribution >= 4 is 33.0 Å². The van der Waals surface area contributed by atoms with Crippen LogP contribution >= 0.6 is 12.2 Å². The third-order valence-electron chi connectivity index (χ3n) is 3.20. The molecule has 1 heterocycles. The molecule has 1 saturated heterocycles. The molecule has 0 spiro atoms. The number of benzene rings is 1. The lowest BCUT2D eigenvalue weighted by Crippen LogP contribution is -2.49. The van der Waals surface area contributed by atoms with Gasteiger partial charge in [-0.25, -0.2) is 8.42 Å². The van der Waals surface area contributed by atoms with Gasteiger partial charge in [0.1, 0.15) is 11.1 Å². The minimum atomic E-state index is -3.27. The SMILES string of the molecule is CS(=O)(=O)c1ccc(C(=O)N2CCOC(C(N)=S)C2)cc1. The number of nitrogens with zero attached hydrogens (tertiary/aromatic N) is 1. The van der Waals surface area contributed by atoms with Crippen molar-refractivity contribution in [2.45, 2.75) is 11.0 Å². The Morgan fingerprint density at radius 3 is 2.52 bits per heavy atom. The number of nitrogens with two attached hydrogens (primary N) is 1. The van der Waals surface area contributed by atoms with E-state index in [0.717, 1.165) is 6.26 Å². The van der Waals surface area contributed by atoms with Crippen LogP contribution in [0.4, 0.5) is 0 Å². The highest BCUT2D eigenvalue weighted by atomic mass is 32.2. The van der Waals surface area contributed by atoms with Gasteiger partial charge in [0.15, 0.2) is 9.84 Å². The predicted octanol–water partition coefficient (Wildman–Crippen LogP) is 0.217. The van der Waals surface area contributed by atoms with Crippen LogP contribution in [0, 0.1) is 0 Å². The Balaban J connectivity index is 2.14. The van der Waals surface area contributed by atoms with Crippen molar-refractivity contribution in [3.05, 3.63) is 29.8 Å².